The fourth-order valence-electron chi connectivity index (χ4n) is 4.08. The zero-order valence-electron chi connectivity index (χ0n) is 20.1. The van der Waals surface area contributed by atoms with Gasteiger partial charge in [0.1, 0.15) is 18.1 Å². The van der Waals surface area contributed by atoms with Crippen LogP contribution in [0.15, 0.2) is 66.7 Å². The van der Waals surface area contributed by atoms with Crippen LogP contribution in [0.5, 0.6) is 11.5 Å². The highest BCUT2D eigenvalue weighted by atomic mass is 16.5. The van der Waals surface area contributed by atoms with E-state index in [9.17, 15) is 14.7 Å². The summed E-state index contributed by atoms with van der Waals surface area (Å²) in [5, 5.41) is 13.2. The van der Waals surface area contributed by atoms with Gasteiger partial charge in [-0.05, 0) is 60.7 Å². The molecule has 2 N–H and O–H groups in total. The average molecular weight is 462 g/mol. The molecule has 0 spiro atoms. The predicted molar refractivity (Wildman–Crippen MR) is 132 cm³/mol. The molecule has 0 unspecified atom stereocenters. The highest BCUT2D eigenvalue weighted by molar-refractivity contribution is 6.01. The van der Waals surface area contributed by atoms with Crippen LogP contribution < -0.4 is 10.1 Å². The number of phenolic OH excluding ortho intramolecular Hbond substituents is 1. The Bertz CT molecular complexity index is 1150. The van der Waals surface area contributed by atoms with Crippen molar-refractivity contribution in [2.24, 2.45) is 0 Å². The number of hydrogen-bond acceptors (Lipinski definition) is 5. The Morgan fingerprint density at radius 2 is 1.68 bits per heavy atom. The number of benzene rings is 3. The Kier molecular flexibility index (Phi) is 7.95. The van der Waals surface area contributed by atoms with Crippen LogP contribution in [0.3, 0.4) is 0 Å². The van der Waals surface area contributed by atoms with E-state index in [1.54, 1.807) is 0 Å². The highest BCUT2D eigenvalue weighted by Gasteiger charge is 2.37. The van der Waals surface area contributed by atoms with Crippen LogP contribution in [-0.4, -0.2) is 24.1 Å². The average Bonchev–Trinajstić information content (AvgIpc) is 2.86. The lowest BCUT2D eigenvalue weighted by Crippen LogP contribution is -2.39. The molecule has 1 amide bonds. The lowest BCUT2D eigenvalue weighted by Gasteiger charge is -2.31. The summed E-state index contributed by atoms with van der Waals surface area (Å²) in [4.78, 5) is 25.2. The standard InChI is InChI=1S/C28H31NO5/c1-5-28(6-2,27(32)29-23-14-12-21(17-24(23)30)26(31)33-4)22-13-15-25(19(3)16-22)34-18-20-10-8-7-9-11-20/h7-17,30H,5-6,18H2,1-4H3,(H,29,32). The third-order valence-corrected chi connectivity index (χ3v) is 6.27. The molecule has 6 nitrogen and oxygen atoms in total. The number of methoxy groups -OCH3 is 1. The van der Waals surface area contributed by atoms with Crippen molar-refractivity contribution in [2.75, 3.05) is 12.4 Å². The van der Waals surface area contributed by atoms with E-state index >= 15 is 0 Å². The molecule has 3 aromatic rings. The number of phenols is 1. The topological polar surface area (TPSA) is 84.9 Å². The SMILES string of the molecule is CCC(CC)(C(=O)Nc1ccc(C(=O)OC)cc1O)c1ccc(OCc2ccccc2)c(C)c1. The van der Waals surface area contributed by atoms with E-state index < -0.39 is 11.4 Å². The van der Waals surface area contributed by atoms with Crippen molar-refractivity contribution in [1.29, 1.82) is 0 Å². The van der Waals surface area contributed by atoms with Crippen LogP contribution in [0.2, 0.25) is 0 Å². The monoisotopic (exact) mass is 461 g/mol. The maximum Gasteiger partial charge on any atom is 0.337 e. The summed E-state index contributed by atoms with van der Waals surface area (Å²) in [6, 6.07) is 20.1. The first-order valence-corrected chi connectivity index (χ1v) is 11.3. The molecule has 0 aromatic heterocycles. The molecule has 0 bridgehead atoms. The van der Waals surface area contributed by atoms with Gasteiger partial charge >= 0.3 is 5.97 Å². The summed E-state index contributed by atoms with van der Waals surface area (Å²) in [6.07, 6.45) is 1.14. The number of aromatic hydroxyl groups is 1. The van der Waals surface area contributed by atoms with Crippen LogP contribution in [0.1, 0.15) is 53.7 Å². The molecule has 6 heteroatoms. The Balaban J connectivity index is 1.82. The van der Waals surface area contributed by atoms with Crippen LogP contribution in [-0.2, 0) is 21.6 Å². The van der Waals surface area contributed by atoms with Gasteiger partial charge < -0.3 is 19.9 Å². The number of anilines is 1. The van der Waals surface area contributed by atoms with Gasteiger partial charge in [-0.25, -0.2) is 4.79 Å². The number of hydrogen-bond donors (Lipinski definition) is 2. The molecule has 0 aliphatic rings. The van der Waals surface area contributed by atoms with Gasteiger partial charge in [0, 0.05) is 0 Å². The van der Waals surface area contributed by atoms with Crippen LogP contribution in [0.4, 0.5) is 5.69 Å². The van der Waals surface area contributed by atoms with E-state index in [4.69, 9.17) is 4.74 Å². The van der Waals surface area contributed by atoms with Crippen LogP contribution in [0.25, 0.3) is 0 Å². The van der Waals surface area contributed by atoms with Gasteiger partial charge in [0.05, 0.1) is 23.8 Å². The van der Waals surface area contributed by atoms with E-state index in [-0.39, 0.29) is 22.9 Å². The summed E-state index contributed by atoms with van der Waals surface area (Å²) in [5.74, 6) is -0.214. The number of carbonyl (C=O) groups excluding carboxylic acids is 2. The second-order valence-electron chi connectivity index (χ2n) is 8.22. The van der Waals surface area contributed by atoms with Crippen molar-refractivity contribution in [3.63, 3.8) is 0 Å². The van der Waals surface area contributed by atoms with Gasteiger partial charge in [0.2, 0.25) is 5.91 Å². The van der Waals surface area contributed by atoms with Gasteiger partial charge in [-0.1, -0.05) is 56.3 Å². The van der Waals surface area contributed by atoms with Crippen LogP contribution >= 0.6 is 0 Å². The molecule has 0 radical (unpaired) electrons. The third-order valence-electron chi connectivity index (χ3n) is 6.27. The summed E-state index contributed by atoms with van der Waals surface area (Å²) in [7, 11) is 1.27. The van der Waals surface area contributed by atoms with Crippen molar-refractivity contribution >= 4 is 17.6 Å². The molecule has 3 rings (SSSR count). The van der Waals surface area contributed by atoms with E-state index in [1.807, 2.05) is 69.3 Å². The third kappa shape index (κ3) is 5.22. The molecule has 0 aliphatic heterocycles. The maximum absolute atomic E-state index is 13.5. The molecule has 3 aromatic carbocycles. The fourth-order valence-corrected chi connectivity index (χ4v) is 4.08. The Hall–Kier alpha value is -3.80. The molecular weight excluding hydrogens is 430 g/mol. The lowest BCUT2D eigenvalue weighted by molar-refractivity contribution is -0.121. The van der Waals surface area contributed by atoms with Crippen molar-refractivity contribution in [2.45, 2.75) is 45.6 Å². The molecule has 0 saturated heterocycles. The summed E-state index contributed by atoms with van der Waals surface area (Å²) < 4.78 is 10.7. The minimum atomic E-state index is -0.795. The van der Waals surface area contributed by atoms with Gasteiger partial charge in [0.15, 0.2) is 0 Å². The van der Waals surface area contributed by atoms with Gasteiger partial charge in [-0.3, -0.25) is 4.79 Å². The lowest BCUT2D eigenvalue weighted by atomic mass is 9.74. The minimum Gasteiger partial charge on any atom is -0.506 e. The van der Waals surface area contributed by atoms with Crippen molar-refractivity contribution < 1.29 is 24.2 Å². The van der Waals surface area contributed by atoms with E-state index in [1.165, 1.54) is 25.3 Å². The minimum absolute atomic E-state index is 0.196. The molecule has 0 aliphatic carbocycles. The number of amides is 1. The number of nitrogens with one attached hydrogen (secondary N) is 1. The first kappa shape index (κ1) is 24.8. The van der Waals surface area contributed by atoms with Crippen LogP contribution in [0, 0.1) is 6.92 Å². The summed E-state index contributed by atoms with van der Waals surface area (Å²) in [6.45, 7) is 6.38. The highest BCUT2D eigenvalue weighted by Crippen LogP contribution is 2.37. The molecule has 0 heterocycles. The van der Waals surface area contributed by atoms with E-state index in [2.05, 4.69) is 10.1 Å². The quantitative estimate of drug-likeness (QED) is 0.312. The summed E-state index contributed by atoms with van der Waals surface area (Å²) in [5.41, 5.74) is 2.55. The van der Waals surface area contributed by atoms with Crippen molar-refractivity contribution in [3.05, 3.63) is 89.0 Å². The first-order chi connectivity index (χ1) is 16.3. The van der Waals surface area contributed by atoms with E-state index in [0.29, 0.717) is 19.4 Å². The second-order valence-corrected chi connectivity index (χ2v) is 8.22. The molecule has 34 heavy (non-hydrogen) atoms. The Labute approximate surface area is 200 Å². The zero-order chi connectivity index (χ0) is 24.7. The zero-order valence-corrected chi connectivity index (χ0v) is 20.1. The fraction of sp³-hybridized carbons (Fsp3) is 0.286. The second kappa shape index (κ2) is 10.9. The van der Waals surface area contributed by atoms with Crippen molar-refractivity contribution in [1.82, 2.24) is 0 Å². The normalized spacial score (nSPS) is 11.1. The molecule has 0 fully saturated rings. The molecule has 178 valence electrons. The molecular formula is C28H31NO5. The van der Waals surface area contributed by atoms with Crippen molar-refractivity contribution in [3.8, 4) is 11.5 Å². The largest absolute Gasteiger partial charge is 0.506 e. The molecule has 0 saturated carbocycles. The van der Waals surface area contributed by atoms with Gasteiger partial charge in [0.25, 0.3) is 0 Å². The van der Waals surface area contributed by atoms with Gasteiger partial charge in [-0.2, -0.15) is 0 Å². The first-order valence-electron chi connectivity index (χ1n) is 11.3. The number of carbonyl (C=O) groups is 2. The molecule has 0 atom stereocenters. The number of aryl methyl sites for hydroxylation is 1. The van der Waals surface area contributed by atoms with E-state index in [0.717, 1.165) is 22.4 Å². The predicted octanol–water partition coefficient (Wildman–Crippen LogP) is 5.76. The Morgan fingerprint density at radius 3 is 2.26 bits per heavy atom. The number of esters is 1. The number of rotatable bonds is 9. The Morgan fingerprint density at radius 1 is 0.971 bits per heavy atom. The number of ether oxygens (including phenoxy) is 2. The smallest absolute Gasteiger partial charge is 0.337 e. The summed E-state index contributed by atoms with van der Waals surface area (Å²) >= 11 is 0. The maximum atomic E-state index is 13.5. The van der Waals surface area contributed by atoms with Gasteiger partial charge in [-0.15, -0.1) is 0 Å².